The van der Waals surface area contributed by atoms with Gasteiger partial charge >= 0.3 is 0 Å². The molecule has 2 unspecified atom stereocenters. The molecule has 60 valence electrons. The van der Waals surface area contributed by atoms with Crippen LogP contribution in [-0.2, 0) is 21.8 Å². The van der Waals surface area contributed by atoms with Crippen molar-refractivity contribution < 1.29 is 0 Å². The summed E-state index contributed by atoms with van der Waals surface area (Å²) in [5.74, 6) is 2.58. The van der Waals surface area contributed by atoms with E-state index in [0.29, 0.717) is 21.8 Å². The molecule has 0 aliphatic rings. The van der Waals surface area contributed by atoms with Crippen molar-refractivity contribution in [3.8, 4) is 0 Å². The van der Waals surface area contributed by atoms with E-state index in [2.05, 4.69) is 37.2 Å². The Morgan fingerprint density at radius 1 is 0.900 bits per heavy atom. The van der Waals surface area contributed by atoms with Crippen LogP contribution in [0.15, 0.2) is 10.8 Å². The lowest BCUT2D eigenvalue weighted by atomic mass is 11.0. The van der Waals surface area contributed by atoms with Gasteiger partial charge in [0.05, 0.1) is 0 Å². The van der Waals surface area contributed by atoms with E-state index >= 15 is 0 Å². The molecule has 0 fully saturated rings. The van der Waals surface area contributed by atoms with Crippen LogP contribution in [0.25, 0.3) is 0 Å². The van der Waals surface area contributed by atoms with Crippen LogP contribution < -0.4 is 0 Å². The molecule has 0 saturated heterocycles. The molecule has 2 heteroatoms. The second kappa shape index (κ2) is 6.17. The number of rotatable bonds is 4. The Labute approximate surface area is 70.8 Å². The van der Waals surface area contributed by atoms with Crippen LogP contribution >= 0.6 is 0 Å². The van der Waals surface area contributed by atoms with Crippen LogP contribution in [0.4, 0.5) is 0 Å². The highest BCUT2D eigenvalue weighted by molar-refractivity contribution is 8.02. The summed E-state index contributed by atoms with van der Waals surface area (Å²) in [5, 5.41) is 4.74. The molecule has 0 bridgehead atoms. The summed E-state index contributed by atoms with van der Waals surface area (Å²) in [7, 11) is 1.05. The van der Waals surface area contributed by atoms with E-state index in [1.165, 1.54) is 11.5 Å². The molecule has 0 amide bonds. The van der Waals surface area contributed by atoms with Crippen molar-refractivity contribution in [1.82, 2.24) is 0 Å². The Morgan fingerprint density at radius 3 is 1.40 bits per heavy atom. The normalized spacial score (nSPS) is 17.6. The minimum atomic E-state index is 0.527. The zero-order valence-corrected chi connectivity index (χ0v) is 9.02. The summed E-state index contributed by atoms with van der Waals surface area (Å²) in [6.07, 6.45) is 4.59. The standard InChI is InChI=1S/C8H18S2/c1-5-9(3)7-8-10(4)6-2/h7-8H,5-6H2,1-4H3/q+2/b8-7+. The zero-order valence-electron chi connectivity index (χ0n) is 7.39. The average Bonchev–Trinajstić information content (AvgIpc) is 1.99. The zero-order chi connectivity index (χ0) is 7.98. The number of hydrogen-bond acceptors (Lipinski definition) is 0. The van der Waals surface area contributed by atoms with E-state index in [4.69, 9.17) is 0 Å². The number of hydrogen-bond donors (Lipinski definition) is 0. The third kappa shape index (κ3) is 5.24. The van der Waals surface area contributed by atoms with Crippen molar-refractivity contribution in [2.75, 3.05) is 24.0 Å². The molecule has 2 atom stereocenters. The minimum absolute atomic E-state index is 0.527. The van der Waals surface area contributed by atoms with E-state index in [1.54, 1.807) is 0 Å². The molecule has 0 N–H and O–H groups in total. The summed E-state index contributed by atoms with van der Waals surface area (Å²) in [4.78, 5) is 0. The van der Waals surface area contributed by atoms with Crippen molar-refractivity contribution >= 4 is 21.8 Å². The van der Waals surface area contributed by atoms with E-state index in [9.17, 15) is 0 Å². The highest BCUT2D eigenvalue weighted by Gasteiger charge is 2.06. The van der Waals surface area contributed by atoms with Crippen molar-refractivity contribution in [2.45, 2.75) is 13.8 Å². The molecule has 0 saturated carbocycles. The molecule has 0 spiro atoms. The van der Waals surface area contributed by atoms with Gasteiger partial charge in [-0.05, 0) is 13.8 Å². The fourth-order valence-corrected chi connectivity index (χ4v) is 2.28. The fraction of sp³-hybridized carbons (Fsp3) is 0.750. The Kier molecular flexibility index (Phi) is 6.44. The van der Waals surface area contributed by atoms with Gasteiger partial charge in [-0.25, -0.2) is 0 Å². The van der Waals surface area contributed by atoms with Crippen molar-refractivity contribution in [1.29, 1.82) is 0 Å². The second-order valence-corrected chi connectivity index (χ2v) is 6.69. The summed E-state index contributed by atoms with van der Waals surface area (Å²) >= 11 is 0. The van der Waals surface area contributed by atoms with Gasteiger partial charge in [0.2, 0.25) is 0 Å². The molecule has 0 rings (SSSR count). The highest BCUT2D eigenvalue weighted by atomic mass is 32.2. The van der Waals surface area contributed by atoms with Gasteiger partial charge in [0, 0.05) is 21.8 Å². The van der Waals surface area contributed by atoms with E-state index < -0.39 is 0 Å². The van der Waals surface area contributed by atoms with E-state index in [0.717, 1.165) is 0 Å². The molecule has 0 aromatic heterocycles. The van der Waals surface area contributed by atoms with Crippen LogP contribution in [0.1, 0.15) is 13.8 Å². The van der Waals surface area contributed by atoms with Gasteiger partial charge < -0.3 is 0 Å². The first kappa shape index (κ1) is 10.4. The third-order valence-electron chi connectivity index (χ3n) is 1.43. The van der Waals surface area contributed by atoms with E-state index in [-0.39, 0.29) is 0 Å². The molecule has 0 aliphatic carbocycles. The molecular weight excluding hydrogens is 160 g/mol. The van der Waals surface area contributed by atoms with Gasteiger partial charge in [0.15, 0.2) is 10.8 Å². The van der Waals surface area contributed by atoms with Crippen molar-refractivity contribution in [3.63, 3.8) is 0 Å². The van der Waals surface area contributed by atoms with Gasteiger partial charge in [-0.15, -0.1) is 0 Å². The van der Waals surface area contributed by atoms with Crippen LogP contribution in [0.2, 0.25) is 0 Å². The molecule has 0 radical (unpaired) electrons. The maximum atomic E-state index is 2.37. The smallest absolute Gasteiger partial charge is 0.0194 e. The minimum Gasteiger partial charge on any atom is -0.0194 e. The largest absolute Gasteiger partial charge is 0.166 e. The van der Waals surface area contributed by atoms with Crippen LogP contribution in [0.5, 0.6) is 0 Å². The van der Waals surface area contributed by atoms with Crippen LogP contribution in [0, 0.1) is 0 Å². The Bertz CT molecular complexity index is 87.4. The first-order valence-electron chi connectivity index (χ1n) is 3.61. The lowest BCUT2D eigenvalue weighted by Crippen LogP contribution is -2.00. The quantitative estimate of drug-likeness (QED) is 0.578. The summed E-state index contributed by atoms with van der Waals surface area (Å²) in [6, 6.07) is 0. The average molecular weight is 178 g/mol. The molecule has 10 heavy (non-hydrogen) atoms. The Balaban J connectivity index is 3.52. The lowest BCUT2D eigenvalue weighted by molar-refractivity contribution is 1.51. The third-order valence-corrected chi connectivity index (χ3v) is 4.63. The van der Waals surface area contributed by atoms with Crippen LogP contribution in [0.3, 0.4) is 0 Å². The van der Waals surface area contributed by atoms with Crippen LogP contribution in [-0.4, -0.2) is 24.0 Å². The van der Waals surface area contributed by atoms with E-state index in [1.807, 2.05) is 0 Å². The fourth-order valence-electron chi connectivity index (χ4n) is 0.382. The Morgan fingerprint density at radius 2 is 1.20 bits per heavy atom. The molecule has 0 aromatic rings. The predicted octanol–water partition coefficient (Wildman–Crippen LogP) is 1.99. The molecule has 0 aliphatic heterocycles. The maximum absolute atomic E-state index is 2.37. The van der Waals surface area contributed by atoms with Gasteiger partial charge in [0.25, 0.3) is 0 Å². The van der Waals surface area contributed by atoms with Crippen molar-refractivity contribution in [3.05, 3.63) is 10.8 Å². The molecular formula is C8H18S2+2. The van der Waals surface area contributed by atoms with Gasteiger partial charge in [-0.1, -0.05) is 0 Å². The first-order chi connectivity index (χ1) is 4.70. The van der Waals surface area contributed by atoms with Gasteiger partial charge in [0.1, 0.15) is 24.0 Å². The maximum Gasteiger partial charge on any atom is 0.166 e. The summed E-state index contributed by atoms with van der Waals surface area (Å²) in [5.41, 5.74) is 0. The second-order valence-electron chi connectivity index (χ2n) is 2.23. The lowest BCUT2D eigenvalue weighted by Gasteiger charge is -1.90. The highest BCUT2D eigenvalue weighted by Crippen LogP contribution is 1.98. The molecule has 0 heterocycles. The molecule has 0 nitrogen and oxygen atoms in total. The molecule has 0 aromatic carbocycles. The monoisotopic (exact) mass is 178 g/mol. The predicted molar refractivity (Wildman–Crippen MR) is 56.8 cm³/mol. The first-order valence-corrected chi connectivity index (χ1v) is 7.34. The SMILES string of the molecule is CC[S+](C)/C=C/[S+](C)CC. The Hall–Kier alpha value is 0.440. The topological polar surface area (TPSA) is 0 Å². The van der Waals surface area contributed by atoms with Gasteiger partial charge in [-0.3, -0.25) is 0 Å². The summed E-state index contributed by atoms with van der Waals surface area (Å²) < 4.78 is 0. The summed E-state index contributed by atoms with van der Waals surface area (Å²) in [6.45, 7) is 4.49. The van der Waals surface area contributed by atoms with Crippen molar-refractivity contribution in [2.24, 2.45) is 0 Å². The van der Waals surface area contributed by atoms with Gasteiger partial charge in [-0.2, -0.15) is 0 Å².